The van der Waals surface area contributed by atoms with Crippen molar-refractivity contribution in [1.29, 1.82) is 0 Å². The monoisotopic (exact) mass is 553 g/mol. The second-order valence-electron chi connectivity index (χ2n) is 7.72. The Bertz CT molecular complexity index is 1510. The maximum absolute atomic E-state index is 14.8. The van der Waals surface area contributed by atoms with Crippen LogP contribution in [0.25, 0.3) is 10.9 Å². The van der Waals surface area contributed by atoms with Crippen LogP contribution >= 0.6 is 34.8 Å². The van der Waals surface area contributed by atoms with E-state index in [2.05, 4.69) is 15.0 Å². The van der Waals surface area contributed by atoms with Gasteiger partial charge in [0.25, 0.3) is 15.9 Å². The summed E-state index contributed by atoms with van der Waals surface area (Å²) in [6, 6.07) is 13.5. The van der Waals surface area contributed by atoms with Crippen molar-refractivity contribution in [3.8, 4) is 0 Å². The van der Waals surface area contributed by atoms with Gasteiger partial charge in [-0.05, 0) is 60.9 Å². The molecule has 0 spiro atoms. The number of aromatic amines is 1. The fourth-order valence-corrected chi connectivity index (χ4v) is 5.38. The number of nitrogens with one attached hydrogen (secondary N) is 3. The van der Waals surface area contributed by atoms with Crippen LogP contribution < -0.4 is 10.0 Å². The van der Waals surface area contributed by atoms with Crippen LogP contribution in [0, 0.1) is 5.82 Å². The number of benzene rings is 3. The molecule has 0 aliphatic heterocycles. The van der Waals surface area contributed by atoms with Crippen LogP contribution in [0.5, 0.6) is 0 Å². The molecule has 0 aliphatic rings. The van der Waals surface area contributed by atoms with Gasteiger partial charge in [0, 0.05) is 28.7 Å². The highest BCUT2D eigenvalue weighted by Gasteiger charge is 2.22. The summed E-state index contributed by atoms with van der Waals surface area (Å²) >= 11 is 18.1. The Morgan fingerprint density at radius 1 is 0.971 bits per heavy atom. The van der Waals surface area contributed by atoms with E-state index in [4.69, 9.17) is 34.8 Å². The lowest BCUT2D eigenvalue weighted by Gasteiger charge is -2.12. The summed E-state index contributed by atoms with van der Waals surface area (Å²) in [6.45, 7) is 0.371. The van der Waals surface area contributed by atoms with E-state index in [0.717, 1.165) is 24.1 Å². The molecular formula is C24H19Cl3FN3O3S. The Balaban J connectivity index is 1.43. The van der Waals surface area contributed by atoms with E-state index in [0.29, 0.717) is 38.9 Å². The van der Waals surface area contributed by atoms with Crippen molar-refractivity contribution in [1.82, 2.24) is 10.3 Å². The van der Waals surface area contributed by atoms with E-state index in [9.17, 15) is 17.6 Å². The first-order valence-corrected chi connectivity index (χ1v) is 13.1. The van der Waals surface area contributed by atoms with Crippen molar-refractivity contribution in [3.63, 3.8) is 0 Å². The number of aryl methyl sites for hydroxylation is 1. The molecule has 1 amide bonds. The molecule has 0 radical (unpaired) electrons. The molecule has 11 heteroatoms. The van der Waals surface area contributed by atoms with Gasteiger partial charge in [0.2, 0.25) is 0 Å². The Hall–Kier alpha value is -2.78. The van der Waals surface area contributed by atoms with Gasteiger partial charge in [-0.2, -0.15) is 0 Å². The molecule has 0 bridgehead atoms. The van der Waals surface area contributed by atoms with Crippen LogP contribution in [-0.2, 0) is 16.4 Å². The van der Waals surface area contributed by atoms with Crippen LogP contribution in [0.3, 0.4) is 0 Å². The molecule has 35 heavy (non-hydrogen) atoms. The molecule has 4 rings (SSSR count). The number of fused-ring (bicyclic) bond motifs is 1. The zero-order valence-electron chi connectivity index (χ0n) is 18.0. The summed E-state index contributed by atoms with van der Waals surface area (Å²) in [6.07, 6.45) is 2.88. The van der Waals surface area contributed by atoms with E-state index < -0.39 is 26.6 Å². The molecule has 0 saturated carbocycles. The number of amides is 1. The number of hydrogen-bond acceptors (Lipinski definition) is 3. The van der Waals surface area contributed by atoms with Gasteiger partial charge in [-0.15, -0.1) is 0 Å². The first-order chi connectivity index (χ1) is 16.7. The normalized spacial score (nSPS) is 11.5. The summed E-state index contributed by atoms with van der Waals surface area (Å²) in [7, 11) is -4.31. The third kappa shape index (κ3) is 5.73. The lowest BCUT2D eigenvalue weighted by Crippen LogP contribution is -2.25. The van der Waals surface area contributed by atoms with Gasteiger partial charge in [0.05, 0.1) is 21.2 Å². The Morgan fingerprint density at radius 2 is 1.71 bits per heavy atom. The Kier molecular flexibility index (Phi) is 7.56. The highest BCUT2D eigenvalue weighted by atomic mass is 35.5. The summed E-state index contributed by atoms with van der Waals surface area (Å²) in [5.74, 6) is -1.56. The van der Waals surface area contributed by atoms with Crippen LogP contribution in [0.4, 0.5) is 10.1 Å². The predicted molar refractivity (Wildman–Crippen MR) is 138 cm³/mol. The largest absolute Gasteiger partial charge is 0.358 e. The van der Waals surface area contributed by atoms with Gasteiger partial charge >= 0.3 is 0 Å². The quantitative estimate of drug-likeness (QED) is 0.219. The van der Waals surface area contributed by atoms with Crippen molar-refractivity contribution >= 4 is 67.3 Å². The van der Waals surface area contributed by atoms with Crippen molar-refractivity contribution in [2.75, 3.05) is 11.3 Å². The molecular weight excluding hydrogens is 536 g/mol. The molecule has 0 unspecified atom stereocenters. The minimum Gasteiger partial charge on any atom is -0.358 e. The maximum Gasteiger partial charge on any atom is 0.264 e. The summed E-state index contributed by atoms with van der Waals surface area (Å²) < 4.78 is 42.8. The van der Waals surface area contributed by atoms with Gasteiger partial charge < -0.3 is 10.3 Å². The van der Waals surface area contributed by atoms with Gasteiger partial charge in [0.1, 0.15) is 10.7 Å². The fraction of sp³-hybridized carbons (Fsp3) is 0.125. The van der Waals surface area contributed by atoms with Crippen LogP contribution in [0.1, 0.15) is 22.3 Å². The summed E-state index contributed by atoms with van der Waals surface area (Å²) in [5, 5.41) is 4.46. The van der Waals surface area contributed by atoms with E-state index in [1.165, 1.54) is 24.4 Å². The van der Waals surface area contributed by atoms with Gasteiger partial charge in [-0.25, -0.2) is 12.8 Å². The zero-order chi connectivity index (χ0) is 25.2. The van der Waals surface area contributed by atoms with E-state index in [1.54, 1.807) is 12.1 Å². The second-order valence-corrected chi connectivity index (χ2v) is 10.6. The molecule has 0 atom stereocenters. The molecule has 1 aromatic heterocycles. The number of carbonyl (C=O) groups excluding carboxylic acids is 1. The first-order valence-electron chi connectivity index (χ1n) is 10.5. The predicted octanol–water partition coefficient (Wildman–Crippen LogP) is 6.43. The first kappa shape index (κ1) is 25.3. The number of anilines is 1. The zero-order valence-corrected chi connectivity index (χ0v) is 21.1. The molecule has 182 valence electrons. The van der Waals surface area contributed by atoms with Crippen molar-refractivity contribution in [3.05, 3.63) is 92.8 Å². The Morgan fingerprint density at radius 3 is 2.43 bits per heavy atom. The number of rotatable bonds is 8. The number of sulfonamides is 1. The minimum atomic E-state index is -4.31. The third-order valence-electron chi connectivity index (χ3n) is 5.31. The molecule has 3 N–H and O–H groups in total. The molecule has 0 saturated heterocycles. The average Bonchev–Trinajstić information content (AvgIpc) is 3.22. The number of halogens is 4. The van der Waals surface area contributed by atoms with Gasteiger partial charge in [-0.3, -0.25) is 9.52 Å². The highest BCUT2D eigenvalue weighted by Crippen LogP contribution is 2.35. The number of carbonyl (C=O) groups is 1. The maximum atomic E-state index is 14.8. The van der Waals surface area contributed by atoms with E-state index in [1.807, 2.05) is 12.1 Å². The smallest absolute Gasteiger partial charge is 0.264 e. The standard InChI is InChI=1S/C24H19Cl3FN3O3S/c25-16-6-3-14(4-7-16)2-1-11-29-24(32)15-5-10-21(19(28)12-15)35(33,34)31-20-9-8-17(26)22-18(27)13-30-23(20)22/h3-10,12-13,30-31H,1-2,11H2,(H,29,32). The summed E-state index contributed by atoms with van der Waals surface area (Å²) in [5.41, 5.74) is 1.61. The molecule has 4 aromatic rings. The fourth-order valence-electron chi connectivity index (χ4n) is 3.56. The van der Waals surface area contributed by atoms with Gasteiger partial charge in [0.15, 0.2) is 0 Å². The van der Waals surface area contributed by atoms with Gasteiger partial charge in [-0.1, -0.05) is 46.9 Å². The number of hydrogen-bond donors (Lipinski definition) is 3. The lowest BCUT2D eigenvalue weighted by atomic mass is 10.1. The Labute approximate surface area is 216 Å². The molecule has 1 heterocycles. The van der Waals surface area contributed by atoms with Crippen LogP contribution in [0.2, 0.25) is 15.1 Å². The number of H-pyrrole nitrogens is 1. The minimum absolute atomic E-state index is 0.0120. The van der Waals surface area contributed by atoms with Crippen molar-refractivity contribution in [2.24, 2.45) is 0 Å². The van der Waals surface area contributed by atoms with Crippen LogP contribution in [0.15, 0.2) is 65.7 Å². The van der Waals surface area contributed by atoms with E-state index >= 15 is 0 Å². The SMILES string of the molecule is O=C(NCCCc1ccc(Cl)cc1)c1ccc(S(=O)(=O)Nc2ccc(Cl)c3c(Cl)c[nH]c23)c(F)c1. The second kappa shape index (κ2) is 10.5. The third-order valence-corrected chi connectivity index (χ3v) is 7.57. The lowest BCUT2D eigenvalue weighted by molar-refractivity contribution is 0.0952. The summed E-state index contributed by atoms with van der Waals surface area (Å²) in [4.78, 5) is 14.6. The highest BCUT2D eigenvalue weighted by molar-refractivity contribution is 7.92. The molecule has 0 aliphatic carbocycles. The van der Waals surface area contributed by atoms with E-state index in [-0.39, 0.29) is 11.3 Å². The van der Waals surface area contributed by atoms with Crippen molar-refractivity contribution in [2.45, 2.75) is 17.7 Å². The van der Waals surface area contributed by atoms with Crippen molar-refractivity contribution < 1.29 is 17.6 Å². The topological polar surface area (TPSA) is 91.1 Å². The molecule has 6 nitrogen and oxygen atoms in total. The average molecular weight is 555 g/mol. The molecule has 0 fully saturated rings. The van der Waals surface area contributed by atoms with Crippen LogP contribution in [-0.4, -0.2) is 25.9 Å². The number of aromatic nitrogens is 1. The molecule has 3 aromatic carbocycles.